The lowest BCUT2D eigenvalue weighted by molar-refractivity contribution is 0.0552. The Morgan fingerprint density at radius 3 is 3.00 bits per heavy atom. The summed E-state index contributed by atoms with van der Waals surface area (Å²) in [4.78, 5) is 2.42. The van der Waals surface area contributed by atoms with Crippen molar-refractivity contribution < 1.29 is 5.11 Å². The van der Waals surface area contributed by atoms with Gasteiger partial charge in [-0.25, -0.2) is 0 Å². The van der Waals surface area contributed by atoms with Crippen LogP contribution in [-0.2, 0) is 6.54 Å². The highest BCUT2D eigenvalue weighted by Gasteiger charge is 2.22. The van der Waals surface area contributed by atoms with Crippen LogP contribution in [0.1, 0.15) is 32.6 Å². The number of aromatic nitrogens is 2. The van der Waals surface area contributed by atoms with E-state index in [1.807, 2.05) is 0 Å². The zero-order valence-corrected chi connectivity index (χ0v) is 11.1. The van der Waals surface area contributed by atoms with Crippen molar-refractivity contribution in [3.63, 3.8) is 0 Å². The van der Waals surface area contributed by atoms with Gasteiger partial charge < -0.3 is 10.8 Å². The number of aliphatic hydroxyl groups is 1. The fourth-order valence-electron chi connectivity index (χ4n) is 2.79. The maximum Gasteiger partial charge on any atom is 0.0862 e. The van der Waals surface area contributed by atoms with Gasteiger partial charge in [0.05, 0.1) is 24.5 Å². The maximum atomic E-state index is 10.1. The van der Waals surface area contributed by atoms with Gasteiger partial charge in [-0.3, -0.25) is 9.58 Å². The number of hydrogen-bond donors (Lipinski definition) is 2. The van der Waals surface area contributed by atoms with Crippen molar-refractivity contribution in [2.75, 3.05) is 18.8 Å². The van der Waals surface area contributed by atoms with Gasteiger partial charge in [-0.1, -0.05) is 13.3 Å². The molecule has 1 aliphatic rings. The van der Waals surface area contributed by atoms with E-state index in [2.05, 4.69) is 16.9 Å². The molecule has 1 aromatic rings. The van der Waals surface area contributed by atoms with Crippen molar-refractivity contribution in [1.29, 1.82) is 0 Å². The van der Waals surface area contributed by atoms with Gasteiger partial charge in [0.1, 0.15) is 0 Å². The molecule has 1 fully saturated rings. The fraction of sp³-hybridized carbons (Fsp3) is 0.769. The molecule has 5 nitrogen and oxygen atoms in total. The second kappa shape index (κ2) is 6.20. The van der Waals surface area contributed by atoms with E-state index in [1.54, 1.807) is 17.1 Å². The molecule has 2 rings (SSSR count). The minimum absolute atomic E-state index is 0.378. The van der Waals surface area contributed by atoms with Gasteiger partial charge in [0.25, 0.3) is 0 Å². The third kappa shape index (κ3) is 3.46. The van der Waals surface area contributed by atoms with Gasteiger partial charge >= 0.3 is 0 Å². The molecule has 0 aromatic carbocycles. The molecule has 0 spiro atoms. The molecule has 2 heterocycles. The van der Waals surface area contributed by atoms with Crippen molar-refractivity contribution in [3.05, 3.63) is 12.4 Å². The highest BCUT2D eigenvalue weighted by atomic mass is 16.3. The molecule has 0 amide bonds. The van der Waals surface area contributed by atoms with Crippen molar-refractivity contribution in [2.24, 2.45) is 0 Å². The van der Waals surface area contributed by atoms with Crippen LogP contribution in [-0.4, -0.2) is 45.0 Å². The molecule has 1 saturated heterocycles. The van der Waals surface area contributed by atoms with Crippen LogP contribution >= 0.6 is 0 Å². The topological polar surface area (TPSA) is 67.3 Å². The van der Waals surface area contributed by atoms with Crippen molar-refractivity contribution in [1.82, 2.24) is 14.7 Å². The number of aliphatic hydroxyl groups excluding tert-OH is 1. The van der Waals surface area contributed by atoms with Crippen molar-refractivity contribution >= 4 is 5.69 Å². The van der Waals surface area contributed by atoms with Gasteiger partial charge in [0.15, 0.2) is 0 Å². The van der Waals surface area contributed by atoms with Gasteiger partial charge in [-0.2, -0.15) is 5.10 Å². The van der Waals surface area contributed by atoms with Crippen LogP contribution in [0.3, 0.4) is 0 Å². The van der Waals surface area contributed by atoms with E-state index < -0.39 is 0 Å². The number of hydrogen-bond acceptors (Lipinski definition) is 4. The van der Waals surface area contributed by atoms with Crippen molar-refractivity contribution in [2.45, 2.75) is 51.3 Å². The first-order valence-electron chi connectivity index (χ1n) is 6.89. The van der Waals surface area contributed by atoms with Gasteiger partial charge in [0.2, 0.25) is 0 Å². The Morgan fingerprint density at radius 2 is 2.33 bits per heavy atom. The zero-order chi connectivity index (χ0) is 13.0. The lowest BCUT2D eigenvalue weighted by Gasteiger charge is -2.36. The Balaban J connectivity index is 1.84. The molecule has 2 unspecified atom stereocenters. The lowest BCUT2D eigenvalue weighted by Crippen LogP contribution is -2.44. The quantitative estimate of drug-likeness (QED) is 0.823. The average Bonchev–Trinajstić information content (AvgIpc) is 2.75. The summed E-state index contributed by atoms with van der Waals surface area (Å²) < 4.78 is 1.71. The molecule has 18 heavy (non-hydrogen) atoms. The molecule has 0 saturated carbocycles. The Labute approximate surface area is 109 Å². The number of anilines is 1. The molecule has 0 radical (unpaired) electrons. The summed E-state index contributed by atoms with van der Waals surface area (Å²) in [6.07, 6.45) is 7.99. The maximum absolute atomic E-state index is 10.1. The Morgan fingerprint density at radius 1 is 1.50 bits per heavy atom. The molecule has 1 aliphatic heterocycles. The predicted octanol–water partition coefficient (Wildman–Crippen LogP) is 1.09. The first kappa shape index (κ1) is 13.4. The number of nitrogen functional groups attached to an aromatic ring is 1. The molecule has 2 atom stereocenters. The molecule has 1 aromatic heterocycles. The highest BCUT2D eigenvalue weighted by molar-refractivity contribution is 5.30. The Hall–Kier alpha value is -1.07. The van der Waals surface area contributed by atoms with Crippen LogP contribution in [0, 0.1) is 0 Å². The first-order chi connectivity index (χ1) is 8.69. The second-order valence-electron chi connectivity index (χ2n) is 5.20. The molecule has 0 aliphatic carbocycles. The average molecular weight is 252 g/mol. The van der Waals surface area contributed by atoms with E-state index in [0.717, 1.165) is 13.1 Å². The molecular weight excluding hydrogens is 228 g/mol. The highest BCUT2D eigenvalue weighted by Crippen LogP contribution is 2.19. The van der Waals surface area contributed by atoms with E-state index in [0.29, 0.717) is 18.3 Å². The third-order valence-electron chi connectivity index (χ3n) is 3.72. The summed E-state index contributed by atoms with van der Waals surface area (Å²) >= 11 is 0. The van der Waals surface area contributed by atoms with Crippen LogP contribution in [0.4, 0.5) is 5.69 Å². The van der Waals surface area contributed by atoms with Crippen LogP contribution in [0.15, 0.2) is 12.4 Å². The summed E-state index contributed by atoms with van der Waals surface area (Å²) in [5, 5.41) is 14.2. The van der Waals surface area contributed by atoms with E-state index in [4.69, 9.17) is 5.73 Å². The standard InChI is InChI=1S/C13H24N4O/c1-2-12-5-3-4-6-16(12)9-13(18)10-17-8-11(14)7-15-17/h7-8,12-13,18H,2-6,9-10,14H2,1H3. The largest absolute Gasteiger partial charge is 0.396 e. The number of rotatable bonds is 5. The SMILES string of the molecule is CCC1CCCCN1CC(O)Cn1cc(N)cn1. The summed E-state index contributed by atoms with van der Waals surface area (Å²) in [5.74, 6) is 0. The number of likely N-dealkylation sites (tertiary alicyclic amines) is 1. The zero-order valence-electron chi connectivity index (χ0n) is 11.1. The summed E-state index contributed by atoms with van der Waals surface area (Å²) in [7, 11) is 0. The van der Waals surface area contributed by atoms with E-state index in [9.17, 15) is 5.11 Å². The smallest absolute Gasteiger partial charge is 0.0862 e. The summed E-state index contributed by atoms with van der Waals surface area (Å²) in [6, 6.07) is 0.635. The van der Waals surface area contributed by atoms with Crippen molar-refractivity contribution in [3.8, 4) is 0 Å². The molecule has 3 N–H and O–H groups in total. The van der Waals surface area contributed by atoms with Crippen LogP contribution < -0.4 is 5.73 Å². The van der Waals surface area contributed by atoms with Crippen LogP contribution in [0.5, 0.6) is 0 Å². The van der Waals surface area contributed by atoms with Crippen LogP contribution in [0.2, 0.25) is 0 Å². The fourth-order valence-corrected chi connectivity index (χ4v) is 2.79. The summed E-state index contributed by atoms with van der Waals surface area (Å²) in [6.45, 7) is 4.59. The normalized spacial score (nSPS) is 23.1. The van der Waals surface area contributed by atoms with E-state index in [1.165, 1.54) is 25.7 Å². The molecule has 5 heteroatoms. The first-order valence-corrected chi connectivity index (χ1v) is 6.89. The minimum atomic E-state index is -0.378. The van der Waals surface area contributed by atoms with Gasteiger partial charge in [-0.05, 0) is 25.8 Å². The lowest BCUT2D eigenvalue weighted by atomic mass is 9.99. The summed E-state index contributed by atoms with van der Waals surface area (Å²) in [5.41, 5.74) is 6.25. The number of β-amino-alcohol motifs (C(OH)–C–C–N with tert-alkyl or cyclic N) is 1. The van der Waals surface area contributed by atoms with Gasteiger partial charge in [0, 0.05) is 18.8 Å². The number of piperidine rings is 1. The molecular formula is C13H24N4O. The second-order valence-corrected chi connectivity index (χ2v) is 5.20. The van der Waals surface area contributed by atoms with E-state index >= 15 is 0 Å². The monoisotopic (exact) mass is 252 g/mol. The minimum Gasteiger partial charge on any atom is -0.396 e. The third-order valence-corrected chi connectivity index (χ3v) is 3.72. The van der Waals surface area contributed by atoms with E-state index in [-0.39, 0.29) is 6.10 Å². The van der Waals surface area contributed by atoms with Gasteiger partial charge in [-0.15, -0.1) is 0 Å². The Kier molecular flexibility index (Phi) is 4.60. The molecule has 102 valence electrons. The number of nitrogens with zero attached hydrogens (tertiary/aromatic N) is 3. The van der Waals surface area contributed by atoms with Crippen LogP contribution in [0.25, 0.3) is 0 Å². The molecule has 0 bridgehead atoms. The number of nitrogens with two attached hydrogens (primary N) is 1. The predicted molar refractivity (Wildman–Crippen MR) is 72.1 cm³/mol. The Bertz CT molecular complexity index is 366.